The molecule has 2 heterocycles. The van der Waals surface area contributed by atoms with Crippen molar-refractivity contribution in [1.29, 1.82) is 0 Å². The molecule has 4 unspecified atom stereocenters. The van der Waals surface area contributed by atoms with E-state index in [0.29, 0.717) is 38.6 Å². The smallest absolute Gasteiger partial charge is 0.326 e. The molecule has 4 rings (SSSR count). The van der Waals surface area contributed by atoms with Gasteiger partial charge in [-0.25, -0.2) is 4.79 Å². The maximum Gasteiger partial charge on any atom is 0.326 e. The minimum Gasteiger partial charge on any atom is -0.480 e. The fourth-order valence-corrected chi connectivity index (χ4v) is 5.83. The lowest BCUT2D eigenvalue weighted by Gasteiger charge is -2.28. The largest absolute Gasteiger partial charge is 0.480 e. The number of hydrogen-bond donors (Lipinski definition) is 4. The van der Waals surface area contributed by atoms with Crippen LogP contribution in [0.4, 0.5) is 0 Å². The number of nitrogens with one attached hydrogen (secondary N) is 3. The molecule has 2 saturated heterocycles. The second-order valence-corrected chi connectivity index (χ2v) is 11.5. The molecule has 0 saturated carbocycles. The van der Waals surface area contributed by atoms with Gasteiger partial charge in [0.1, 0.15) is 17.9 Å². The van der Waals surface area contributed by atoms with Crippen molar-refractivity contribution in [3.8, 4) is 0 Å². The lowest BCUT2D eigenvalue weighted by molar-refractivity contribution is -0.149. The van der Waals surface area contributed by atoms with Crippen LogP contribution in [-0.4, -0.2) is 76.7 Å². The summed E-state index contributed by atoms with van der Waals surface area (Å²) in [6.07, 6.45) is 3.97. The van der Waals surface area contributed by atoms with E-state index in [1.165, 1.54) is 4.90 Å². The van der Waals surface area contributed by atoms with Gasteiger partial charge in [0.25, 0.3) is 0 Å². The molecule has 10 nitrogen and oxygen atoms in total. The molecule has 2 aliphatic rings. The zero-order chi connectivity index (χ0) is 30.8. The van der Waals surface area contributed by atoms with Gasteiger partial charge in [0.15, 0.2) is 0 Å². The third-order valence-corrected chi connectivity index (χ3v) is 8.19. The number of carbonyl (C=O) groups excluding carboxylic acids is 4. The Balaban J connectivity index is 1.49. The number of aliphatic carboxylic acids is 1. The first-order valence-corrected chi connectivity index (χ1v) is 15.2. The number of amides is 3. The van der Waals surface area contributed by atoms with Gasteiger partial charge in [-0.3, -0.25) is 19.2 Å². The highest BCUT2D eigenvalue weighted by molar-refractivity contribution is 5.91. The first-order chi connectivity index (χ1) is 20.7. The van der Waals surface area contributed by atoms with Crippen molar-refractivity contribution < 1.29 is 29.1 Å². The maximum atomic E-state index is 13.6. The Morgan fingerprint density at radius 1 is 0.907 bits per heavy atom. The standard InChI is InChI=1S/C33H42N4O6/c1-2-26(38)19-24-14-12-23(13-15-24)18-25(35-31(40)27-10-6-16-34-27)21-30(39)36-28(20-22-8-4-3-5-9-22)32(41)37-17-7-11-29(37)33(42)43/h3-5,8-9,12-15,25,27-29,34H,2,6-7,10-11,16-21H2,1H3,(H,35,40)(H,36,39)(H,42,43). The molecule has 0 radical (unpaired) electrons. The maximum absolute atomic E-state index is 13.6. The molecule has 2 aromatic rings. The molecule has 43 heavy (non-hydrogen) atoms. The summed E-state index contributed by atoms with van der Waals surface area (Å²) in [6.45, 7) is 2.92. The summed E-state index contributed by atoms with van der Waals surface area (Å²) in [6, 6.07) is 14.2. The van der Waals surface area contributed by atoms with Gasteiger partial charge in [-0.2, -0.15) is 0 Å². The number of benzene rings is 2. The summed E-state index contributed by atoms with van der Waals surface area (Å²) in [5, 5.41) is 18.7. The molecule has 0 bridgehead atoms. The van der Waals surface area contributed by atoms with E-state index < -0.39 is 35.9 Å². The van der Waals surface area contributed by atoms with Crippen molar-refractivity contribution in [1.82, 2.24) is 20.9 Å². The van der Waals surface area contributed by atoms with Crippen LogP contribution in [0.15, 0.2) is 54.6 Å². The van der Waals surface area contributed by atoms with Gasteiger partial charge in [0, 0.05) is 38.3 Å². The van der Waals surface area contributed by atoms with Crippen molar-refractivity contribution in [3.63, 3.8) is 0 Å². The predicted molar refractivity (Wildman–Crippen MR) is 161 cm³/mol. The molecule has 4 atom stereocenters. The molecular weight excluding hydrogens is 548 g/mol. The number of carboxylic acid groups (broad SMARTS) is 1. The van der Waals surface area contributed by atoms with Crippen LogP contribution in [0.25, 0.3) is 0 Å². The van der Waals surface area contributed by atoms with E-state index >= 15 is 0 Å². The van der Waals surface area contributed by atoms with Crippen LogP contribution >= 0.6 is 0 Å². The Morgan fingerprint density at radius 3 is 2.26 bits per heavy atom. The number of carboxylic acids is 1. The van der Waals surface area contributed by atoms with Crippen LogP contribution in [0.5, 0.6) is 0 Å². The Bertz CT molecular complexity index is 1280. The van der Waals surface area contributed by atoms with E-state index in [1.807, 2.05) is 61.5 Å². The molecule has 0 aliphatic carbocycles. The average Bonchev–Trinajstić information content (AvgIpc) is 3.71. The van der Waals surface area contributed by atoms with Crippen molar-refractivity contribution in [2.45, 2.75) is 88.9 Å². The number of hydrogen-bond acceptors (Lipinski definition) is 6. The average molecular weight is 591 g/mol. The van der Waals surface area contributed by atoms with Gasteiger partial charge in [0.2, 0.25) is 17.7 Å². The monoisotopic (exact) mass is 590 g/mol. The first-order valence-electron chi connectivity index (χ1n) is 15.2. The highest BCUT2D eigenvalue weighted by Crippen LogP contribution is 2.20. The number of nitrogens with zero attached hydrogens (tertiary/aromatic N) is 1. The summed E-state index contributed by atoms with van der Waals surface area (Å²) in [4.78, 5) is 65.1. The van der Waals surface area contributed by atoms with Crippen molar-refractivity contribution in [3.05, 3.63) is 71.3 Å². The molecule has 0 aromatic heterocycles. The fourth-order valence-electron chi connectivity index (χ4n) is 5.83. The normalized spacial score (nSPS) is 19.4. The molecule has 2 aliphatic heterocycles. The Labute approximate surface area is 252 Å². The lowest BCUT2D eigenvalue weighted by atomic mass is 9.99. The van der Waals surface area contributed by atoms with Crippen LogP contribution in [0.2, 0.25) is 0 Å². The lowest BCUT2D eigenvalue weighted by Crippen LogP contribution is -2.54. The van der Waals surface area contributed by atoms with E-state index in [9.17, 15) is 29.1 Å². The molecule has 3 amide bonds. The van der Waals surface area contributed by atoms with E-state index in [-0.39, 0.29) is 30.6 Å². The fraction of sp³-hybridized carbons (Fsp3) is 0.485. The molecule has 2 fully saturated rings. The van der Waals surface area contributed by atoms with Crippen LogP contribution in [0.1, 0.15) is 62.1 Å². The van der Waals surface area contributed by atoms with E-state index in [2.05, 4.69) is 16.0 Å². The molecule has 2 aromatic carbocycles. The van der Waals surface area contributed by atoms with Crippen molar-refractivity contribution in [2.24, 2.45) is 0 Å². The van der Waals surface area contributed by atoms with Gasteiger partial charge < -0.3 is 26.0 Å². The minimum atomic E-state index is -1.05. The first kappa shape index (κ1) is 31.9. The highest BCUT2D eigenvalue weighted by atomic mass is 16.4. The highest BCUT2D eigenvalue weighted by Gasteiger charge is 2.38. The van der Waals surface area contributed by atoms with Crippen LogP contribution in [0, 0.1) is 0 Å². The van der Waals surface area contributed by atoms with Crippen LogP contribution in [0.3, 0.4) is 0 Å². The SMILES string of the molecule is CCC(=O)Cc1ccc(CC(CC(=O)NC(Cc2ccccc2)C(=O)N2CCCC2C(=O)O)NC(=O)C2CCCN2)cc1. The second kappa shape index (κ2) is 15.4. The molecular formula is C33H42N4O6. The van der Waals surface area contributed by atoms with Crippen molar-refractivity contribution >= 4 is 29.5 Å². The number of ketones is 1. The zero-order valence-electron chi connectivity index (χ0n) is 24.7. The summed E-state index contributed by atoms with van der Waals surface area (Å²) >= 11 is 0. The van der Waals surface area contributed by atoms with Gasteiger partial charge >= 0.3 is 5.97 Å². The molecule has 0 spiro atoms. The van der Waals surface area contributed by atoms with Gasteiger partial charge in [0.05, 0.1) is 6.04 Å². The van der Waals surface area contributed by atoms with Gasteiger partial charge in [-0.05, 0) is 55.3 Å². The van der Waals surface area contributed by atoms with Gasteiger partial charge in [-0.15, -0.1) is 0 Å². The van der Waals surface area contributed by atoms with Gasteiger partial charge in [-0.1, -0.05) is 61.5 Å². The number of rotatable bonds is 14. The Hall–Kier alpha value is -4.05. The number of likely N-dealkylation sites (tertiary alicyclic amines) is 1. The van der Waals surface area contributed by atoms with E-state index in [0.717, 1.165) is 36.1 Å². The molecule has 10 heteroatoms. The number of carbonyl (C=O) groups is 5. The summed E-state index contributed by atoms with van der Waals surface area (Å²) in [5.74, 6) is -1.89. The van der Waals surface area contributed by atoms with Crippen LogP contribution < -0.4 is 16.0 Å². The zero-order valence-corrected chi connectivity index (χ0v) is 24.7. The summed E-state index contributed by atoms with van der Waals surface area (Å²) in [7, 11) is 0. The van der Waals surface area contributed by atoms with Crippen molar-refractivity contribution in [2.75, 3.05) is 13.1 Å². The third kappa shape index (κ3) is 9.22. The summed E-state index contributed by atoms with van der Waals surface area (Å²) in [5.41, 5.74) is 2.66. The Kier molecular flexibility index (Phi) is 11.4. The molecule has 4 N–H and O–H groups in total. The predicted octanol–water partition coefficient (Wildman–Crippen LogP) is 2.18. The second-order valence-electron chi connectivity index (χ2n) is 11.5. The third-order valence-electron chi connectivity index (χ3n) is 8.19. The molecule has 230 valence electrons. The van der Waals surface area contributed by atoms with Crippen LogP contribution in [-0.2, 0) is 43.2 Å². The Morgan fingerprint density at radius 2 is 1.60 bits per heavy atom. The number of Topliss-reactive ketones (excluding diaryl/α,β-unsaturated/α-hetero) is 1. The quantitative estimate of drug-likeness (QED) is 0.264. The van der Waals surface area contributed by atoms with E-state index in [1.54, 1.807) is 0 Å². The summed E-state index contributed by atoms with van der Waals surface area (Å²) < 4.78 is 0. The van der Waals surface area contributed by atoms with E-state index in [4.69, 9.17) is 0 Å². The topological polar surface area (TPSA) is 145 Å². The minimum absolute atomic E-state index is 0.0601.